The number of aromatic nitrogens is 1. The second-order valence-corrected chi connectivity index (χ2v) is 9.93. The largest absolute Gasteiger partial charge is 0.497 e. The van der Waals surface area contributed by atoms with Crippen LogP contribution in [0.4, 0.5) is 0 Å². The third-order valence-corrected chi connectivity index (χ3v) is 7.85. The van der Waals surface area contributed by atoms with Gasteiger partial charge in [-0.25, -0.2) is 4.98 Å². The van der Waals surface area contributed by atoms with Crippen molar-refractivity contribution in [2.24, 2.45) is 0 Å². The van der Waals surface area contributed by atoms with E-state index in [2.05, 4.69) is 10.3 Å². The maximum atomic E-state index is 13.2. The molecule has 0 atom stereocenters. The first kappa shape index (κ1) is 22.6. The summed E-state index contributed by atoms with van der Waals surface area (Å²) in [5, 5.41) is 3.10. The first-order valence-corrected chi connectivity index (χ1v) is 12.9. The Hall–Kier alpha value is -3.81. The number of amides is 1. The van der Waals surface area contributed by atoms with Crippen molar-refractivity contribution in [3.63, 3.8) is 0 Å². The van der Waals surface area contributed by atoms with Gasteiger partial charge in [0.25, 0.3) is 5.91 Å². The number of ether oxygens (including phenoxy) is 1. The first-order valence-electron chi connectivity index (χ1n) is 12.0. The SMILES string of the molecule is COc1ccc(-c2nc(CN3CCN(C(=O)c4ccc5c(c4)C(=O)c4ccccc4-5)CC3)cs2)cc1. The van der Waals surface area contributed by atoms with Crippen LogP contribution in [0.25, 0.3) is 21.7 Å². The molecule has 0 unspecified atom stereocenters. The third-order valence-electron chi connectivity index (χ3n) is 6.91. The Morgan fingerprint density at radius 3 is 2.39 bits per heavy atom. The van der Waals surface area contributed by atoms with Gasteiger partial charge in [-0.3, -0.25) is 14.5 Å². The third kappa shape index (κ3) is 4.10. The van der Waals surface area contributed by atoms with Gasteiger partial charge in [-0.2, -0.15) is 0 Å². The van der Waals surface area contributed by atoms with Crippen LogP contribution in [-0.4, -0.2) is 59.8 Å². The van der Waals surface area contributed by atoms with Gasteiger partial charge in [0.2, 0.25) is 0 Å². The van der Waals surface area contributed by atoms with Crippen LogP contribution in [0.15, 0.2) is 72.1 Å². The lowest BCUT2D eigenvalue weighted by atomic mass is 10.0. The highest BCUT2D eigenvalue weighted by Crippen LogP contribution is 2.37. The van der Waals surface area contributed by atoms with Crippen LogP contribution < -0.4 is 4.74 Å². The van der Waals surface area contributed by atoms with Crippen LogP contribution in [-0.2, 0) is 6.54 Å². The second kappa shape index (κ2) is 9.33. The van der Waals surface area contributed by atoms with Crippen LogP contribution in [0, 0.1) is 0 Å². The molecule has 0 radical (unpaired) electrons. The Morgan fingerprint density at radius 2 is 1.64 bits per heavy atom. The van der Waals surface area contributed by atoms with E-state index in [1.807, 2.05) is 65.6 Å². The topological polar surface area (TPSA) is 62.7 Å². The van der Waals surface area contributed by atoms with E-state index >= 15 is 0 Å². The summed E-state index contributed by atoms with van der Waals surface area (Å²) >= 11 is 1.64. The molecular formula is C29H25N3O3S. The Morgan fingerprint density at radius 1 is 0.917 bits per heavy atom. The molecule has 0 bridgehead atoms. The number of fused-ring (bicyclic) bond motifs is 3. The van der Waals surface area contributed by atoms with Crippen molar-refractivity contribution in [1.82, 2.24) is 14.8 Å². The summed E-state index contributed by atoms with van der Waals surface area (Å²) in [6.07, 6.45) is 0. The molecule has 0 spiro atoms. The molecule has 3 aromatic carbocycles. The molecule has 1 saturated heterocycles. The second-order valence-electron chi connectivity index (χ2n) is 9.08. The normalized spacial score (nSPS) is 15.0. The molecule has 2 aliphatic rings. The Balaban J connectivity index is 1.08. The molecule has 2 heterocycles. The summed E-state index contributed by atoms with van der Waals surface area (Å²) < 4.78 is 5.24. The Bertz CT molecular complexity index is 1450. The van der Waals surface area contributed by atoms with Gasteiger partial charge in [0.1, 0.15) is 10.8 Å². The number of methoxy groups -OCH3 is 1. The molecule has 0 N–H and O–H groups in total. The van der Waals surface area contributed by atoms with Crippen LogP contribution in [0.3, 0.4) is 0 Å². The number of piperazine rings is 1. The highest BCUT2D eigenvalue weighted by atomic mass is 32.1. The molecule has 1 aromatic heterocycles. The van der Waals surface area contributed by atoms with E-state index in [9.17, 15) is 9.59 Å². The van der Waals surface area contributed by atoms with Crippen molar-refractivity contribution in [3.05, 3.63) is 94.5 Å². The predicted octanol–water partition coefficient (Wildman–Crippen LogP) is 4.99. The van der Waals surface area contributed by atoms with Gasteiger partial charge < -0.3 is 9.64 Å². The highest BCUT2D eigenvalue weighted by Gasteiger charge is 2.29. The number of thiazole rings is 1. The zero-order valence-corrected chi connectivity index (χ0v) is 20.8. The Kier molecular flexibility index (Phi) is 5.87. The van der Waals surface area contributed by atoms with Crippen molar-refractivity contribution in [3.8, 4) is 27.4 Å². The maximum Gasteiger partial charge on any atom is 0.253 e. The zero-order chi connectivity index (χ0) is 24.6. The fourth-order valence-electron chi connectivity index (χ4n) is 4.93. The summed E-state index contributed by atoms with van der Waals surface area (Å²) in [6, 6.07) is 21.1. The predicted molar refractivity (Wildman–Crippen MR) is 141 cm³/mol. The number of benzene rings is 3. The lowest BCUT2D eigenvalue weighted by molar-refractivity contribution is 0.0627. The molecule has 7 heteroatoms. The fraction of sp³-hybridized carbons (Fsp3) is 0.207. The summed E-state index contributed by atoms with van der Waals surface area (Å²) in [5.74, 6) is 0.813. The average molecular weight is 496 g/mol. The minimum absolute atomic E-state index is 0.00246. The molecule has 0 saturated carbocycles. The number of rotatable bonds is 5. The highest BCUT2D eigenvalue weighted by molar-refractivity contribution is 7.13. The van der Waals surface area contributed by atoms with Crippen molar-refractivity contribution < 1.29 is 14.3 Å². The monoisotopic (exact) mass is 495 g/mol. The number of nitrogens with zero attached hydrogens (tertiary/aromatic N) is 3. The van der Waals surface area contributed by atoms with Crippen LogP contribution in [0.2, 0.25) is 0 Å². The van der Waals surface area contributed by atoms with Gasteiger partial charge in [0, 0.05) is 60.4 Å². The van der Waals surface area contributed by atoms with Crippen LogP contribution in [0.5, 0.6) is 5.75 Å². The average Bonchev–Trinajstić information content (AvgIpc) is 3.51. The van der Waals surface area contributed by atoms with Crippen molar-refractivity contribution in [2.45, 2.75) is 6.54 Å². The molecule has 1 amide bonds. The smallest absolute Gasteiger partial charge is 0.253 e. The minimum atomic E-state index is -0.0170. The number of carbonyl (C=O) groups excluding carboxylic acids is 2. The molecule has 6 nitrogen and oxygen atoms in total. The molecule has 1 aliphatic heterocycles. The lowest BCUT2D eigenvalue weighted by Crippen LogP contribution is -2.48. The fourth-order valence-corrected chi connectivity index (χ4v) is 5.74. The van der Waals surface area contributed by atoms with Gasteiger partial charge in [-0.1, -0.05) is 30.3 Å². The minimum Gasteiger partial charge on any atom is -0.497 e. The molecule has 180 valence electrons. The van der Waals surface area contributed by atoms with Crippen LogP contribution in [0.1, 0.15) is 32.0 Å². The van der Waals surface area contributed by atoms with E-state index in [0.717, 1.165) is 52.8 Å². The van der Waals surface area contributed by atoms with E-state index in [0.29, 0.717) is 29.8 Å². The van der Waals surface area contributed by atoms with Crippen molar-refractivity contribution in [1.29, 1.82) is 0 Å². The number of hydrogen-bond donors (Lipinski definition) is 0. The van der Waals surface area contributed by atoms with E-state index in [-0.39, 0.29) is 11.7 Å². The van der Waals surface area contributed by atoms with E-state index in [1.165, 1.54) is 0 Å². The van der Waals surface area contributed by atoms with Gasteiger partial charge in [0.15, 0.2) is 5.78 Å². The zero-order valence-electron chi connectivity index (χ0n) is 19.9. The van der Waals surface area contributed by atoms with Gasteiger partial charge in [-0.05, 0) is 47.5 Å². The number of hydrogen-bond acceptors (Lipinski definition) is 6. The van der Waals surface area contributed by atoms with Gasteiger partial charge >= 0.3 is 0 Å². The van der Waals surface area contributed by atoms with Crippen molar-refractivity contribution in [2.75, 3.05) is 33.3 Å². The number of carbonyl (C=O) groups is 2. The maximum absolute atomic E-state index is 13.2. The first-order chi connectivity index (χ1) is 17.6. The van der Waals surface area contributed by atoms with Crippen molar-refractivity contribution >= 4 is 23.0 Å². The summed E-state index contributed by atoms with van der Waals surface area (Å²) in [7, 11) is 1.66. The van der Waals surface area contributed by atoms with Crippen LogP contribution >= 0.6 is 11.3 Å². The quantitative estimate of drug-likeness (QED) is 0.344. The molecule has 36 heavy (non-hydrogen) atoms. The lowest BCUT2D eigenvalue weighted by Gasteiger charge is -2.34. The molecule has 1 aliphatic carbocycles. The molecule has 4 aromatic rings. The Labute approximate surface area is 213 Å². The molecule has 1 fully saturated rings. The molecule has 6 rings (SSSR count). The summed E-state index contributed by atoms with van der Waals surface area (Å²) in [4.78, 5) is 35.1. The summed E-state index contributed by atoms with van der Waals surface area (Å²) in [5.41, 5.74) is 5.89. The van der Waals surface area contributed by atoms with E-state index in [4.69, 9.17) is 9.72 Å². The van der Waals surface area contributed by atoms with Gasteiger partial charge in [-0.15, -0.1) is 11.3 Å². The summed E-state index contributed by atoms with van der Waals surface area (Å²) in [6.45, 7) is 3.65. The van der Waals surface area contributed by atoms with E-state index < -0.39 is 0 Å². The molecular weight excluding hydrogens is 470 g/mol. The van der Waals surface area contributed by atoms with E-state index in [1.54, 1.807) is 24.5 Å². The standard InChI is InChI=1S/C29H25N3O3S/c1-35-22-9-6-19(7-10-22)28-30-21(18-36-28)17-31-12-14-32(15-13-31)29(34)20-8-11-24-23-4-2-3-5-25(23)27(33)26(24)16-20/h2-11,16,18H,12-15,17H2,1H3. The van der Waals surface area contributed by atoms with Gasteiger partial charge in [0.05, 0.1) is 12.8 Å². The number of ketones is 1.